The number of esters is 2. The summed E-state index contributed by atoms with van der Waals surface area (Å²) in [5.41, 5.74) is 0. The van der Waals surface area contributed by atoms with Crippen molar-refractivity contribution < 1.29 is 42.9 Å². The first-order chi connectivity index (χ1) is 38.6. The lowest BCUT2D eigenvalue weighted by atomic mass is 10.1. The Labute approximate surface area is 482 Å². The number of carboxylic acids is 1. The van der Waals surface area contributed by atoms with Crippen molar-refractivity contribution in [1.29, 1.82) is 0 Å². The number of hydrogen-bond donors (Lipinski definition) is 0. The fraction of sp³-hybridized carbons (Fsp3) is 0.557. The van der Waals surface area contributed by atoms with Crippen LogP contribution in [0.3, 0.4) is 0 Å². The van der Waals surface area contributed by atoms with Crippen molar-refractivity contribution in [2.45, 2.75) is 206 Å². The Balaban J connectivity index is 4.24. The van der Waals surface area contributed by atoms with Gasteiger partial charge >= 0.3 is 11.9 Å². The second-order valence-electron chi connectivity index (χ2n) is 20.5. The van der Waals surface area contributed by atoms with Gasteiger partial charge in [0.05, 0.1) is 40.3 Å². The first kappa shape index (κ1) is 73.7. The number of quaternary nitrogens is 1. The highest BCUT2D eigenvalue weighted by atomic mass is 16.7. The molecule has 0 aromatic carbocycles. The maximum atomic E-state index is 12.9. The molecule has 0 bridgehead atoms. The molecule has 79 heavy (non-hydrogen) atoms. The van der Waals surface area contributed by atoms with Crippen LogP contribution in [0.5, 0.6) is 0 Å². The van der Waals surface area contributed by atoms with Gasteiger partial charge in [0.2, 0.25) is 0 Å². The lowest BCUT2D eigenvalue weighted by Crippen LogP contribution is -2.44. The van der Waals surface area contributed by atoms with E-state index in [0.717, 1.165) is 128 Å². The van der Waals surface area contributed by atoms with Crippen LogP contribution in [0.25, 0.3) is 0 Å². The van der Waals surface area contributed by atoms with E-state index in [9.17, 15) is 19.5 Å². The molecule has 0 fully saturated rings. The third-order valence-electron chi connectivity index (χ3n) is 12.0. The molecule has 442 valence electrons. The second-order valence-corrected chi connectivity index (χ2v) is 20.5. The number of allylic oxidation sites excluding steroid dienone is 28. The molecular weight excluding hydrogens is 983 g/mol. The highest BCUT2D eigenvalue weighted by Gasteiger charge is 2.22. The SMILES string of the molecule is CC/C=C\C/C=C\C/C=C\C/C=C\C/C=C\C/C=C\C/C=C\C/C=C\C/C=C\C/C=C\CCCCCCCCCCC(=O)OC(COC(=O)CCCC/C=C\C/C=C\C/C=C\C/C=C\CC)COC(OCC[N+](C)(C)C)C(=O)[O-]. The number of likely N-dealkylation sites (N-methyl/N-ethyl adjacent to an activating group) is 1. The van der Waals surface area contributed by atoms with Crippen LogP contribution in [0.15, 0.2) is 170 Å². The molecule has 0 saturated carbocycles. The molecule has 0 heterocycles. The summed E-state index contributed by atoms with van der Waals surface area (Å²) >= 11 is 0. The maximum absolute atomic E-state index is 12.9. The quantitative estimate of drug-likeness (QED) is 0.0195. The van der Waals surface area contributed by atoms with E-state index in [0.29, 0.717) is 23.9 Å². The minimum atomic E-state index is -1.64. The number of ether oxygens (including phenoxy) is 4. The van der Waals surface area contributed by atoms with Crippen LogP contribution in [-0.2, 0) is 33.3 Å². The molecule has 0 radical (unpaired) electrons. The standard InChI is InChI=1S/C70H109NO8/c1-6-8-10-12-14-16-18-20-22-23-24-25-26-27-28-29-30-31-32-33-34-35-36-37-38-39-40-41-42-43-44-45-47-49-51-53-55-57-59-61-68(73)79-66(65-78-70(69(74)75)76-63-62-71(3,4)5)64-77-67(72)60-58-56-54-52-50-48-46-21-19-17-15-13-11-9-7-2/h8-11,14-17,20-22,24-25,27-28,30-31,33-34,36-37,39-40,42-43,46,50,52,66,70H,6-7,12-13,18-19,23,26,29,32,35,38,41,44-45,47-49,51,53-65H2,1-5H3/b10-8-,11-9-,16-14-,17-15-,22-20-,25-24-,28-27-,31-30-,34-33-,37-36-,40-39-,43-42-,46-21-,52-50-. The van der Waals surface area contributed by atoms with Gasteiger partial charge in [-0.15, -0.1) is 0 Å². The number of carbonyl (C=O) groups excluding carboxylic acids is 3. The molecule has 0 aromatic heterocycles. The van der Waals surface area contributed by atoms with E-state index >= 15 is 0 Å². The summed E-state index contributed by atoms with van der Waals surface area (Å²) in [5.74, 6) is -2.37. The van der Waals surface area contributed by atoms with Crippen LogP contribution in [0.1, 0.15) is 194 Å². The van der Waals surface area contributed by atoms with Crippen molar-refractivity contribution >= 4 is 17.9 Å². The van der Waals surface area contributed by atoms with E-state index in [2.05, 4.69) is 184 Å². The van der Waals surface area contributed by atoms with E-state index in [1.165, 1.54) is 25.7 Å². The van der Waals surface area contributed by atoms with Crippen molar-refractivity contribution in [3.63, 3.8) is 0 Å². The van der Waals surface area contributed by atoms with Gasteiger partial charge < -0.3 is 33.3 Å². The van der Waals surface area contributed by atoms with Gasteiger partial charge in [0.15, 0.2) is 12.4 Å². The van der Waals surface area contributed by atoms with Crippen molar-refractivity contribution in [1.82, 2.24) is 0 Å². The predicted molar refractivity (Wildman–Crippen MR) is 333 cm³/mol. The summed E-state index contributed by atoms with van der Waals surface area (Å²) < 4.78 is 22.6. The molecule has 9 nitrogen and oxygen atoms in total. The van der Waals surface area contributed by atoms with Gasteiger partial charge in [-0.2, -0.15) is 0 Å². The Morgan fingerprint density at radius 3 is 1.04 bits per heavy atom. The number of hydrogen-bond acceptors (Lipinski definition) is 8. The first-order valence-electron chi connectivity index (χ1n) is 30.3. The number of nitrogens with zero attached hydrogens (tertiary/aromatic N) is 1. The first-order valence-corrected chi connectivity index (χ1v) is 30.3. The minimum absolute atomic E-state index is 0.130. The zero-order chi connectivity index (χ0) is 57.6. The fourth-order valence-corrected chi connectivity index (χ4v) is 7.38. The summed E-state index contributed by atoms with van der Waals surface area (Å²) in [4.78, 5) is 37.2. The Kier molecular flexibility index (Phi) is 54.8. The van der Waals surface area contributed by atoms with Crippen LogP contribution in [0.2, 0.25) is 0 Å². The van der Waals surface area contributed by atoms with Gasteiger partial charge in [-0.3, -0.25) is 9.59 Å². The van der Waals surface area contributed by atoms with Gasteiger partial charge in [-0.25, -0.2) is 0 Å². The van der Waals surface area contributed by atoms with E-state index in [1.54, 1.807) is 0 Å². The van der Waals surface area contributed by atoms with Gasteiger partial charge in [0.1, 0.15) is 13.2 Å². The van der Waals surface area contributed by atoms with Crippen molar-refractivity contribution in [2.75, 3.05) is 47.5 Å². The topological polar surface area (TPSA) is 111 Å². The molecule has 0 rings (SSSR count). The Hall–Kier alpha value is -5.35. The molecule has 9 heteroatoms. The van der Waals surface area contributed by atoms with E-state index in [1.807, 2.05) is 21.1 Å². The molecule has 2 atom stereocenters. The second kappa shape index (κ2) is 58.8. The lowest BCUT2D eigenvalue weighted by molar-refractivity contribution is -0.870. The molecule has 0 saturated heterocycles. The Morgan fingerprint density at radius 1 is 0.380 bits per heavy atom. The number of aliphatic carboxylic acids is 1. The highest BCUT2D eigenvalue weighted by Crippen LogP contribution is 2.13. The van der Waals surface area contributed by atoms with Crippen LogP contribution in [0, 0.1) is 0 Å². The summed E-state index contributed by atoms with van der Waals surface area (Å²) in [7, 11) is 5.89. The number of unbranched alkanes of at least 4 members (excludes halogenated alkanes) is 10. The monoisotopic (exact) mass is 1090 g/mol. The summed E-state index contributed by atoms with van der Waals surface area (Å²) in [6, 6.07) is 0. The Morgan fingerprint density at radius 2 is 0.684 bits per heavy atom. The average molecular weight is 1090 g/mol. The summed E-state index contributed by atoms with van der Waals surface area (Å²) in [6.45, 7) is 4.42. The normalized spacial score (nSPS) is 14.0. The van der Waals surface area contributed by atoms with Crippen molar-refractivity contribution in [3.05, 3.63) is 170 Å². The van der Waals surface area contributed by atoms with Crippen LogP contribution in [-0.4, -0.2) is 82.3 Å². The van der Waals surface area contributed by atoms with Gasteiger partial charge in [0.25, 0.3) is 0 Å². The van der Waals surface area contributed by atoms with Crippen molar-refractivity contribution in [2.24, 2.45) is 0 Å². The van der Waals surface area contributed by atoms with E-state index in [4.69, 9.17) is 18.9 Å². The van der Waals surface area contributed by atoms with Crippen LogP contribution < -0.4 is 5.11 Å². The zero-order valence-corrected chi connectivity index (χ0v) is 50.2. The third-order valence-corrected chi connectivity index (χ3v) is 12.0. The lowest BCUT2D eigenvalue weighted by Gasteiger charge is -2.26. The van der Waals surface area contributed by atoms with E-state index in [-0.39, 0.29) is 32.7 Å². The largest absolute Gasteiger partial charge is 0.545 e. The molecule has 0 spiro atoms. The minimum Gasteiger partial charge on any atom is -0.545 e. The zero-order valence-electron chi connectivity index (χ0n) is 50.2. The van der Waals surface area contributed by atoms with Gasteiger partial charge in [-0.1, -0.05) is 223 Å². The molecular formula is C70H109NO8. The molecule has 0 aliphatic rings. The van der Waals surface area contributed by atoms with E-state index < -0.39 is 30.3 Å². The number of carbonyl (C=O) groups is 3. The van der Waals surface area contributed by atoms with Gasteiger partial charge in [0, 0.05) is 12.8 Å². The highest BCUT2D eigenvalue weighted by molar-refractivity contribution is 5.70. The van der Waals surface area contributed by atoms with Gasteiger partial charge in [-0.05, 0) is 128 Å². The third kappa shape index (κ3) is 60.1. The molecule has 0 N–H and O–H groups in total. The molecule has 0 aliphatic carbocycles. The average Bonchev–Trinajstić information content (AvgIpc) is 3.42. The fourth-order valence-electron chi connectivity index (χ4n) is 7.38. The molecule has 0 aromatic rings. The van der Waals surface area contributed by atoms with Crippen molar-refractivity contribution in [3.8, 4) is 0 Å². The molecule has 0 aliphatic heterocycles. The smallest absolute Gasteiger partial charge is 0.306 e. The predicted octanol–water partition coefficient (Wildman–Crippen LogP) is 17.0. The summed E-state index contributed by atoms with van der Waals surface area (Å²) in [5, 5.41) is 11.8. The van der Waals surface area contributed by atoms with Crippen LogP contribution in [0.4, 0.5) is 0 Å². The number of carboxylic acid groups (broad SMARTS) is 1. The van der Waals surface area contributed by atoms with Crippen LogP contribution >= 0.6 is 0 Å². The molecule has 0 amide bonds. The maximum Gasteiger partial charge on any atom is 0.306 e. The Bertz CT molecular complexity index is 1900. The molecule has 2 unspecified atom stereocenters. The number of rotatable bonds is 53. The summed E-state index contributed by atoms with van der Waals surface area (Å²) in [6.07, 6.45) is 85.6.